The summed E-state index contributed by atoms with van der Waals surface area (Å²) < 4.78 is 13.0. The van der Waals surface area contributed by atoms with Crippen molar-refractivity contribution in [3.8, 4) is 11.4 Å². The van der Waals surface area contributed by atoms with Gasteiger partial charge in [-0.1, -0.05) is 27.7 Å². The molecule has 3 rings (SSSR count). The number of halogens is 1. The summed E-state index contributed by atoms with van der Waals surface area (Å²) >= 11 is 4.68. The molecule has 0 bridgehead atoms. The van der Waals surface area contributed by atoms with Crippen molar-refractivity contribution < 1.29 is 19.1 Å². The molecule has 0 aliphatic heterocycles. The van der Waals surface area contributed by atoms with E-state index in [1.54, 1.807) is 45.2 Å². The highest BCUT2D eigenvalue weighted by atomic mass is 79.9. The lowest BCUT2D eigenvalue weighted by molar-refractivity contribution is -0.142. The van der Waals surface area contributed by atoms with Crippen LogP contribution in [-0.4, -0.2) is 45.6 Å². The molecule has 1 N–H and O–H groups in total. The second-order valence-corrected chi connectivity index (χ2v) is 8.86. The van der Waals surface area contributed by atoms with E-state index in [2.05, 4.69) is 31.4 Å². The number of amides is 1. The third kappa shape index (κ3) is 5.89. The second kappa shape index (κ2) is 11.1. The summed E-state index contributed by atoms with van der Waals surface area (Å²) in [5.74, 6) is 0.644. The number of rotatable bonds is 9. The van der Waals surface area contributed by atoms with Gasteiger partial charge in [0.2, 0.25) is 0 Å². The van der Waals surface area contributed by atoms with Crippen molar-refractivity contribution in [1.29, 1.82) is 0 Å². The van der Waals surface area contributed by atoms with Crippen molar-refractivity contribution >= 4 is 39.6 Å². The number of ether oxygens (including phenoxy) is 2. The number of aromatic nitrogens is 3. The molecule has 0 aliphatic rings. The monoisotopic (exact) mass is 518 g/mol. The van der Waals surface area contributed by atoms with Gasteiger partial charge in [0.15, 0.2) is 11.0 Å². The molecule has 2 aromatic carbocycles. The molecular formula is C22H23BrN4O4S. The molecule has 1 unspecified atom stereocenters. The van der Waals surface area contributed by atoms with Crippen LogP contribution >= 0.6 is 27.7 Å². The predicted octanol–water partition coefficient (Wildman–Crippen LogP) is 4.01. The topological polar surface area (TPSA) is 95.3 Å². The van der Waals surface area contributed by atoms with Crippen LogP contribution in [0.25, 0.3) is 5.69 Å². The number of hydrogen-bond donors (Lipinski definition) is 1. The summed E-state index contributed by atoms with van der Waals surface area (Å²) in [7, 11) is 1.57. The third-order valence-corrected chi connectivity index (χ3v) is 5.99. The van der Waals surface area contributed by atoms with Crippen molar-refractivity contribution in [3.63, 3.8) is 0 Å². The normalized spacial score (nSPS) is 11.6. The Bertz CT molecular complexity index is 1070. The zero-order valence-electron chi connectivity index (χ0n) is 17.9. The van der Waals surface area contributed by atoms with Crippen molar-refractivity contribution in [2.75, 3.05) is 13.7 Å². The van der Waals surface area contributed by atoms with Gasteiger partial charge in [-0.15, -0.1) is 10.2 Å². The lowest BCUT2D eigenvalue weighted by Gasteiger charge is -2.13. The first-order chi connectivity index (χ1) is 15.4. The highest BCUT2D eigenvalue weighted by molar-refractivity contribution is 9.10. The van der Waals surface area contributed by atoms with Crippen LogP contribution in [0.3, 0.4) is 0 Å². The van der Waals surface area contributed by atoms with Crippen molar-refractivity contribution in [2.24, 2.45) is 0 Å². The maximum atomic E-state index is 12.6. The van der Waals surface area contributed by atoms with Gasteiger partial charge >= 0.3 is 5.97 Å². The van der Waals surface area contributed by atoms with Gasteiger partial charge in [-0.2, -0.15) is 0 Å². The van der Waals surface area contributed by atoms with Gasteiger partial charge in [-0.25, -0.2) is 0 Å². The van der Waals surface area contributed by atoms with Crippen LogP contribution in [0.5, 0.6) is 5.75 Å². The number of thioether (sulfide) groups is 1. The van der Waals surface area contributed by atoms with Crippen LogP contribution in [0.15, 0.2) is 58.2 Å². The van der Waals surface area contributed by atoms with Gasteiger partial charge in [0, 0.05) is 15.7 Å². The quantitative estimate of drug-likeness (QED) is 0.337. The molecule has 3 aromatic rings. The molecule has 1 atom stereocenters. The van der Waals surface area contributed by atoms with E-state index in [1.165, 1.54) is 11.8 Å². The number of nitrogens with zero attached hydrogens (tertiary/aromatic N) is 3. The van der Waals surface area contributed by atoms with Crippen LogP contribution in [0, 0.1) is 0 Å². The number of carbonyl (C=O) groups excluding carboxylic acids is 2. The number of nitrogens with one attached hydrogen (secondary N) is 1. The van der Waals surface area contributed by atoms with E-state index in [0.717, 1.165) is 10.2 Å². The van der Waals surface area contributed by atoms with E-state index in [-0.39, 0.29) is 18.4 Å². The first-order valence-electron chi connectivity index (χ1n) is 9.88. The number of esters is 1. The standard InChI is InChI=1S/C22H23BrN4O4S/c1-4-31-21(29)14(2)32-22-26-25-19(27(22)17-9-7-16(23)8-10-17)13-24-20(28)15-5-11-18(30-3)12-6-15/h5-12,14H,4,13H2,1-3H3,(H,24,28). The largest absolute Gasteiger partial charge is 0.497 e. The minimum Gasteiger partial charge on any atom is -0.497 e. The summed E-state index contributed by atoms with van der Waals surface area (Å²) in [5, 5.41) is 11.5. The van der Waals surface area contributed by atoms with Crippen LogP contribution in [0.4, 0.5) is 0 Å². The average molecular weight is 519 g/mol. The molecule has 1 amide bonds. The summed E-state index contributed by atoms with van der Waals surface area (Å²) in [6, 6.07) is 14.4. The SMILES string of the molecule is CCOC(=O)C(C)Sc1nnc(CNC(=O)c2ccc(OC)cc2)n1-c1ccc(Br)cc1. The summed E-state index contributed by atoms with van der Waals surface area (Å²) in [6.07, 6.45) is 0. The number of methoxy groups -OCH3 is 1. The Kier molecular flexibility index (Phi) is 8.29. The van der Waals surface area contributed by atoms with Crippen molar-refractivity contribution in [3.05, 3.63) is 64.4 Å². The highest BCUT2D eigenvalue weighted by Crippen LogP contribution is 2.27. The Labute approximate surface area is 198 Å². The zero-order valence-corrected chi connectivity index (χ0v) is 20.3. The third-order valence-electron chi connectivity index (χ3n) is 4.45. The van der Waals surface area contributed by atoms with Gasteiger partial charge < -0.3 is 14.8 Å². The molecule has 0 spiro atoms. The minimum absolute atomic E-state index is 0.155. The fraction of sp³-hybridized carbons (Fsp3) is 0.273. The molecule has 0 fully saturated rings. The Balaban J connectivity index is 1.82. The van der Waals surface area contributed by atoms with Gasteiger partial charge in [-0.3, -0.25) is 14.2 Å². The lowest BCUT2D eigenvalue weighted by Crippen LogP contribution is -2.24. The molecule has 1 heterocycles. The average Bonchev–Trinajstić information content (AvgIpc) is 3.20. The van der Waals surface area contributed by atoms with Crippen LogP contribution in [-0.2, 0) is 16.1 Å². The molecule has 168 valence electrons. The van der Waals surface area contributed by atoms with Crippen LogP contribution < -0.4 is 10.1 Å². The van der Waals surface area contributed by atoms with Crippen LogP contribution in [0.1, 0.15) is 30.0 Å². The molecule has 10 heteroatoms. The molecule has 1 aromatic heterocycles. The summed E-state index contributed by atoms with van der Waals surface area (Å²) in [4.78, 5) is 24.7. The number of hydrogen-bond acceptors (Lipinski definition) is 7. The zero-order chi connectivity index (χ0) is 23.1. The molecule has 0 saturated heterocycles. The highest BCUT2D eigenvalue weighted by Gasteiger charge is 2.22. The molecule has 32 heavy (non-hydrogen) atoms. The first kappa shape index (κ1) is 23.8. The first-order valence-corrected chi connectivity index (χ1v) is 11.6. The number of carbonyl (C=O) groups is 2. The lowest BCUT2D eigenvalue weighted by atomic mass is 10.2. The smallest absolute Gasteiger partial charge is 0.319 e. The Morgan fingerprint density at radius 3 is 2.44 bits per heavy atom. The molecule has 8 nitrogen and oxygen atoms in total. The fourth-order valence-corrected chi connectivity index (χ4v) is 3.96. The summed E-state index contributed by atoms with van der Waals surface area (Å²) in [6.45, 7) is 3.99. The van der Waals surface area contributed by atoms with Gasteiger partial charge in [0.05, 0.1) is 20.3 Å². The van der Waals surface area contributed by atoms with E-state index in [9.17, 15) is 9.59 Å². The second-order valence-electron chi connectivity index (χ2n) is 6.63. The van der Waals surface area contributed by atoms with Crippen molar-refractivity contribution in [1.82, 2.24) is 20.1 Å². The molecule has 0 aliphatic carbocycles. The van der Waals surface area contributed by atoms with E-state index in [1.807, 2.05) is 28.8 Å². The van der Waals surface area contributed by atoms with E-state index >= 15 is 0 Å². The van der Waals surface area contributed by atoms with Crippen LogP contribution in [0.2, 0.25) is 0 Å². The van der Waals surface area contributed by atoms with E-state index in [4.69, 9.17) is 9.47 Å². The van der Waals surface area contributed by atoms with E-state index < -0.39 is 5.25 Å². The minimum atomic E-state index is -0.463. The molecule has 0 saturated carbocycles. The maximum Gasteiger partial charge on any atom is 0.319 e. The van der Waals surface area contributed by atoms with Gasteiger partial charge in [0.25, 0.3) is 5.91 Å². The Morgan fingerprint density at radius 1 is 1.12 bits per heavy atom. The van der Waals surface area contributed by atoms with Gasteiger partial charge in [-0.05, 0) is 62.4 Å². The van der Waals surface area contributed by atoms with E-state index in [0.29, 0.717) is 28.9 Å². The predicted molar refractivity (Wildman–Crippen MR) is 125 cm³/mol. The fourth-order valence-electron chi connectivity index (χ4n) is 2.81. The van der Waals surface area contributed by atoms with Crippen molar-refractivity contribution in [2.45, 2.75) is 30.8 Å². The maximum absolute atomic E-state index is 12.6. The summed E-state index contributed by atoms with van der Waals surface area (Å²) in [5.41, 5.74) is 1.32. The molecule has 0 radical (unpaired) electrons. The Morgan fingerprint density at radius 2 is 1.81 bits per heavy atom. The van der Waals surface area contributed by atoms with Gasteiger partial charge in [0.1, 0.15) is 11.0 Å². The molecular weight excluding hydrogens is 496 g/mol. The number of benzene rings is 2. The Hall–Kier alpha value is -2.85.